The van der Waals surface area contributed by atoms with Crippen LogP contribution in [0.5, 0.6) is 0 Å². The highest BCUT2D eigenvalue weighted by Crippen LogP contribution is 2.51. The molecule has 3 unspecified atom stereocenters. The van der Waals surface area contributed by atoms with Gasteiger partial charge in [-0.1, -0.05) is 56.3 Å². The number of alkyl carbamates (subject to hydrolysis) is 1. The van der Waals surface area contributed by atoms with E-state index < -0.39 is 49.1 Å². The molecule has 2 aromatic rings. The Morgan fingerprint density at radius 1 is 1.09 bits per heavy atom. The summed E-state index contributed by atoms with van der Waals surface area (Å²) < 4.78 is 18.4. The van der Waals surface area contributed by atoms with Crippen LogP contribution in [0.4, 0.5) is 4.79 Å². The Labute approximate surface area is 191 Å². The summed E-state index contributed by atoms with van der Waals surface area (Å²) in [5.41, 5.74) is 2.96. The molecule has 2 amide bonds. The molecule has 6 N–H and O–H groups in total. The number of aliphatic carboxylic acids is 1. The van der Waals surface area contributed by atoms with E-state index in [4.69, 9.17) is 10.6 Å². The number of ether oxygens (including phenoxy) is 1. The predicted octanol–water partition coefficient (Wildman–Crippen LogP) is 2.64. The van der Waals surface area contributed by atoms with Gasteiger partial charge in [-0.15, -0.1) is 0 Å². The van der Waals surface area contributed by atoms with Gasteiger partial charge in [0.2, 0.25) is 7.37 Å². The van der Waals surface area contributed by atoms with E-state index in [0.29, 0.717) is 0 Å². The van der Waals surface area contributed by atoms with Crippen LogP contribution in [0.25, 0.3) is 0 Å². The Morgan fingerprint density at radius 3 is 2.33 bits per heavy atom. The van der Waals surface area contributed by atoms with Gasteiger partial charge in [0, 0.05) is 11.7 Å². The van der Waals surface area contributed by atoms with E-state index in [1.807, 2.05) is 11.5 Å². The standard InChI is InChI=1S/C22H28N3O7P/c1-14(2)20(24-22(29)32-12-15-7-4-3-5-8-15)33(30,31)13-18(21(27)28)16-9-6-10-17(11-16)19(26)25-23/h3-11,14,18,20H,12-13,23H2,1-2H3,(H,24,29)(H,25,26)(H,27,28)(H,30,31). The van der Waals surface area contributed by atoms with E-state index in [2.05, 4.69) is 5.32 Å². The molecule has 0 saturated carbocycles. The number of carbonyl (C=O) groups excluding carboxylic acids is 2. The lowest BCUT2D eigenvalue weighted by molar-refractivity contribution is -0.138. The van der Waals surface area contributed by atoms with Crippen LogP contribution in [-0.2, 0) is 20.7 Å². The Bertz CT molecular complexity index is 1030. The normalized spacial score (nSPS) is 14.6. The highest BCUT2D eigenvalue weighted by Gasteiger charge is 2.39. The predicted molar refractivity (Wildman–Crippen MR) is 122 cm³/mol. The first-order valence-corrected chi connectivity index (χ1v) is 12.1. The molecule has 11 heteroatoms. The maximum Gasteiger partial charge on any atom is 0.408 e. The molecule has 0 radical (unpaired) electrons. The molecule has 2 aromatic carbocycles. The smallest absolute Gasteiger partial charge is 0.408 e. The number of carbonyl (C=O) groups is 3. The van der Waals surface area contributed by atoms with Gasteiger partial charge in [0.05, 0.1) is 5.92 Å². The fourth-order valence-electron chi connectivity index (χ4n) is 3.30. The largest absolute Gasteiger partial charge is 0.481 e. The van der Waals surface area contributed by atoms with Crippen molar-refractivity contribution < 1.29 is 33.7 Å². The van der Waals surface area contributed by atoms with Crippen LogP contribution >= 0.6 is 7.37 Å². The molecule has 0 spiro atoms. The zero-order chi connectivity index (χ0) is 24.6. The molecule has 2 rings (SSSR count). The number of amides is 2. The second-order valence-electron chi connectivity index (χ2n) is 7.82. The van der Waals surface area contributed by atoms with E-state index in [9.17, 15) is 28.9 Å². The van der Waals surface area contributed by atoms with Gasteiger partial charge in [0.1, 0.15) is 12.4 Å². The van der Waals surface area contributed by atoms with Crippen LogP contribution < -0.4 is 16.6 Å². The maximum atomic E-state index is 13.3. The molecular formula is C22H28N3O7P. The molecule has 3 atom stereocenters. The molecular weight excluding hydrogens is 449 g/mol. The van der Waals surface area contributed by atoms with Gasteiger partial charge in [-0.05, 0) is 29.2 Å². The van der Waals surface area contributed by atoms with E-state index >= 15 is 0 Å². The van der Waals surface area contributed by atoms with Crippen molar-refractivity contribution >= 4 is 25.3 Å². The Hall–Kier alpha value is -3.20. The first kappa shape index (κ1) is 26.1. The summed E-state index contributed by atoms with van der Waals surface area (Å²) in [5.74, 6) is 0.0247. The highest BCUT2D eigenvalue weighted by molar-refractivity contribution is 7.58. The third-order valence-electron chi connectivity index (χ3n) is 4.97. The topological polar surface area (TPSA) is 168 Å². The average Bonchev–Trinajstić information content (AvgIpc) is 2.79. The molecule has 0 heterocycles. The number of carboxylic acids is 1. The summed E-state index contributed by atoms with van der Waals surface area (Å²) in [5, 5.41) is 12.1. The van der Waals surface area contributed by atoms with Gasteiger partial charge in [0.15, 0.2) is 0 Å². The summed E-state index contributed by atoms with van der Waals surface area (Å²) >= 11 is 0. The minimum absolute atomic E-state index is 0.0268. The van der Waals surface area contributed by atoms with Crippen molar-refractivity contribution in [3.63, 3.8) is 0 Å². The number of hydrogen-bond acceptors (Lipinski definition) is 6. The molecule has 178 valence electrons. The fraction of sp³-hybridized carbons (Fsp3) is 0.318. The van der Waals surface area contributed by atoms with Crippen LogP contribution in [0.15, 0.2) is 54.6 Å². The maximum absolute atomic E-state index is 13.3. The minimum Gasteiger partial charge on any atom is -0.481 e. The van der Waals surface area contributed by atoms with Crippen LogP contribution in [0.2, 0.25) is 0 Å². The third-order valence-corrected chi connectivity index (χ3v) is 7.45. The van der Waals surface area contributed by atoms with Gasteiger partial charge in [0.25, 0.3) is 5.91 Å². The summed E-state index contributed by atoms with van der Waals surface area (Å²) in [4.78, 5) is 46.8. The lowest BCUT2D eigenvalue weighted by atomic mass is 9.99. The monoisotopic (exact) mass is 477 g/mol. The van der Waals surface area contributed by atoms with Crippen molar-refractivity contribution in [1.29, 1.82) is 0 Å². The first-order chi connectivity index (χ1) is 15.5. The zero-order valence-corrected chi connectivity index (χ0v) is 19.2. The van der Waals surface area contributed by atoms with Gasteiger partial charge in [-0.3, -0.25) is 19.6 Å². The molecule has 0 aromatic heterocycles. The van der Waals surface area contributed by atoms with Crippen LogP contribution in [0.1, 0.15) is 41.3 Å². The van der Waals surface area contributed by atoms with Crippen LogP contribution in [0, 0.1) is 5.92 Å². The Balaban J connectivity index is 2.18. The lowest BCUT2D eigenvalue weighted by Crippen LogP contribution is -2.40. The average molecular weight is 477 g/mol. The summed E-state index contributed by atoms with van der Waals surface area (Å²) in [6, 6.07) is 14.5. The number of benzene rings is 2. The Kier molecular flexibility index (Phi) is 9.16. The molecule has 0 bridgehead atoms. The van der Waals surface area contributed by atoms with Crippen molar-refractivity contribution in [3.05, 3.63) is 71.3 Å². The number of hydrazine groups is 1. The van der Waals surface area contributed by atoms with E-state index in [-0.39, 0.29) is 17.7 Å². The number of carboxylic acid groups (broad SMARTS) is 1. The molecule has 0 saturated heterocycles. The number of nitrogen functional groups attached to an aromatic ring is 1. The van der Waals surface area contributed by atoms with E-state index in [1.165, 1.54) is 24.3 Å². The number of hydrogen-bond donors (Lipinski definition) is 5. The van der Waals surface area contributed by atoms with Crippen LogP contribution in [0.3, 0.4) is 0 Å². The fourth-order valence-corrected chi connectivity index (χ4v) is 5.66. The minimum atomic E-state index is -4.25. The first-order valence-electron chi connectivity index (χ1n) is 10.2. The van der Waals surface area contributed by atoms with Crippen LogP contribution in [-0.4, -0.2) is 39.9 Å². The SMILES string of the molecule is CC(C)C(NC(=O)OCc1ccccc1)P(=O)(O)CC(C(=O)O)c1cccc(C(=O)NN)c1. The molecule has 0 aliphatic heterocycles. The van der Waals surface area contributed by atoms with E-state index in [1.54, 1.807) is 38.1 Å². The number of nitrogens with two attached hydrogens (primary N) is 1. The zero-order valence-electron chi connectivity index (χ0n) is 18.3. The third kappa shape index (κ3) is 7.42. The van der Waals surface area contributed by atoms with Crippen molar-refractivity contribution in [2.75, 3.05) is 6.16 Å². The molecule has 33 heavy (non-hydrogen) atoms. The molecule has 0 aliphatic carbocycles. The summed E-state index contributed by atoms with van der Waals surface area (Å²) in [7, 11) is -4.25. The Morgan fingerprint density at radius 2 is 1.76 bits per heavy atom. The van der Waals surface area contributed by atoms with Gasteiger partial charge < -0.3 is 20.1 Å². The summed E-state index contributed by atoms with van der Waals surface area (Å²) in [6.07, 6.45) is -1.54. The van der Waals surface area contributed by atoms with Crippen molar-refractivity contribution in [1.82, 2.24) is 10.7 Å². The van der Waals surface area contributed by atoms with Gasteiger partial charge in [-0.2, -0.15) is 0 Å². The van der Waals surface area contributed by atoms with Crippen molar-refractivity contribution in [2.45, 2.75) is 32.2 Å². The van der Waals surface area contributed by atoms with E-state index in [0.717, 1.165) is 5.56 Å². The van der Waals surface area contributed by atoms with Crippen molar-refractivity contribution in [3.8, 4) is 0 Å². The molecule has 0 fully saturated rings. The quantitative estimate of drug-likeness (QED) is 0.151. The number of rotatable bonds is 10. The second-order valence-corrected chi connectivity index (χ2v) is 10.3. The summed E-state index contributed by atoms with van der Waals surface area (Å²) in [6.45, 7) is 3.24. The molecule has 0 aliphatic rings. The van der Waals surface area contributed by atoms with Gasteiger partial charge >= 0.3 is 12.1 Å². The number of nitrogens with one attached hydrogen (secondary N) is 2. The second kappa shape index (κ2) is 11.6. The highest BCUT2D eigenvalue weighted by atomic mass is 31.2. The lowest BCUT2D eigenvalue weighted by Gasteiger charge is -2.29. The van der Waals surface area contributed by atoms with Crippen molar-refractivity contribution in [2.24, 2.45) is 11.8 Å². The van der Waals surface area contributed by atoms with Gasteiger partial charge in [-0.25, -0.2) is 10.6 Å². The molecule has 10 nitrogen and oxygen atoms in total.